The van der Waals surface area contributed by atoms with Crippen LogP contribution in [0.1, 0.15) is 19.0 Å². The quantitative estimate of drug-likeness (QED) is 0.893. The van der Waals surface area contributed by atoms with E-state index in [0.29, 0.717) is 0 Å². The second kappa shape index (κ2) is 5.54. The normalized spacial score (nSPS) is 10.3. The van der Waals surface area contributed by atoms with E-state index in [1.54, 1.807) is 0 Å². The zero-order valence-electron chi connectivity index (χ0n) is 10.8. The lowest BCUT2D eigenvalue weighted by Crippen LogP contribution is -1.96. The predicted octanol–water partition coefficient (Wildman–Crippen LogP) is 3.43. The summed E-state index contributed by atoms with van der Waals surface area (Å²) in [4.78, 5) is 4.47. The van der Waals surface area contributed by atoms with Crippen molar-refractivity contribution in [2.45, 2.75) is 20.3 Å². The predicted molar refractivity (Wildman–Crippen MR) is 74.6 cm³/mol. The van der Waals surface area contributed by atoms with Gasteiger partial charge in [0.1, 0.15) is 5.75 Å². The molecule has 0 bridgehead atoms. The molecule has 18 heavy (non-hydrogen) atoms. The van der Waals surface area contributed by atoms with E-state index < -0.39 is 0 Å². The number of rotatable bonds is 4. The highest BCUT2D eigenvalue weighted by molar-refractivity contribution is 5.62. The first-order chi connectivity index (χ1) is 8.70. The van der Waals surface area contributed by atoms with Crippen molar-refractivity contribution in [3.8, 4) is 17.0 Å². The van der Waals surface area contributed by atoms with E-state index in [1.165, 1.54) is 0 Å². The van der Waals surface area contributed by atoms with Gasteiger partial charge in [-0.25, -0.2) is 0 Å². The van der Waals surface area contributed by atoms with Gasteiger partial charge in [-0.1, -0.05) is 6.92 Å². The van der Waals surface area contributed by atoms with Gasteiger partial charge in [0.05, 0.1) is 23.7 Å². The molecular formula is C15H18N2O. The summed E-state index contributed by atoms with van der Waals surface area (Å²) < 4.78 is 5.55. The molecule has 2 aromatic rings. The van der Waals surface area contributed by atoms with Gasteiger partial charge in [-0.15, -0.1) is 0 Å². The number of aryl methyl sites for hydroxylation is 1. The third-order valence-corrected chi connectivity index (χ3v) is 2.75. The molecule has 2 rings (SSSR count). The maximum atomic E-state index is 5.76. The SMILES string of the molecule is CCCOc1ccc(-c2ccc(N)c(C)n2)cc1. The van der Waals surface area contributed by atoms with Crippen LogP contribution in [0, 0.1) is 6.92 Å². The number of hydrogen-bond acceptors (Lipinski definition) is 3. The van der Waals surface area contributed by atoms with Crippen molar-refractivity contribution in [2.24, 2.45) is 0 Å². The number of hydrogen-bond donors (Lipinski definition) is 1. The summed E-state index contributed by atoms with van der Waals surface area (Å²) >= 11 is 0. The van der Waals surface area contributed by atoms with Crippen molar-refractivity contribution >= 4 is 5.69 Å². The Bertz CT molecular complexity index is 521. The molecular weight excluding hydrogens is 224 g/mol. The summed E-state index contributed by atoms with van der Waals surface area (Å²) in [5, 5.41) is 0. The summed E-state index contributed by atoms with van der Waals surface area (Å²) in [5.41, 5.74) is 9.35. The summed E-state index contributed by atoms with van der Waals surface area (Å²) in [6.07, 6.45) is 1.01. The minimum Gasteiger partial charge on any atom is -0.494 e. The molecule has 0 unspecified atom stereocenters. The highest BCUT2D eigenvalue weighted by Gasteiger charge is 2.02. The van der Waals surface area contributed by atoms with Crippen LogP contribution in [0.3, 0.4) is 0 Å². The molecule has 1 heterocycles. The molecule has 3 heteroatoms. The maximum Gasteiger partial charge on any atom is 0.119 e. The van der Waals surface area contributed by atoms with Crippen LogP contribution in [0.5, 0.6) is 5.75 Å². The fourth-order valence-electron chi connectivity index (χ4n) is 1.67. The largest absolute Gasteiger partial charge is 0.494 e. The Balaban J connectivity index is 2.20. The maximum absolute atomic E-state index is 5.76. The van der Waals surface area contributed by atoms with E-state index in [9.17, 15) is 0 Å². The second-order valence-corrected chi connectivity index (χ2v) is 4.24. The topological polar surface area (TPSA) is 48.1 Å². The summed E-state index contributed by atoms with van der Waals surface area (Å²) in [6.45, 7) is 4.76. The van der Waals surface area contributed by atoms with Gasteiger partial charge in [-0.2, -0.15) is 0 Å². The van der Waals surface area contributed by atoms with E-state index in [1.807, 2.05) is 43.3 Å². The Morgan fingerprint density at radius 3 is 2.44 bits per heavy atom. The van der Waals surface area contributed by atoms with Crippen molar-refractivity contribution in [1.82, 2.24) is 4.98 Å². The standard InChI is InChI=1S/C15H18N2O/c1-3-10-18-13-6-4-12(5-7-13)15-9-8-14(16)11(2)17-15/h4-9H,3,10,16H2,1-2H3. The first kappa shape index (κ1) is 12.4. The number of anilines is 1. The smallest absolute Gasteiger partial charge is 0.119 e. The first-order valence-corrected chi connectivity index (χ1v) is 6.17. The van der Waals surface area contributed by atoms with Crippen LogP contribution in [-0.4, -0.2) is 11.6 Å². The van der Waals surface area contributed by atoms with Crippen LogP contribution in [0.15, 0.2) is 36.4 Å². The lowest BCUT2D eigenvalue weighted by atomic mass is 10.1. The van der Waals surface area contributed by atoms with Crippen LogP contribution in [-0.2, 0) is 0 Å². The fourth-order valence-corrected chi connectivity index (χ4v) is 1.67. The average molecular weight is 242 g/mol. The van der Waals surface area contributed by atoms with E-state index in [0.717, 1.165) is 41.4 Å². The van der Waals surface area contributed by atoms with E-state index in [2.05, 4.69) is 11.9 Å². The molecule has 0 aliphatic heterocycles. The molecule has 0 aliphatic carbocycles. The molecule has 0 amide bonds. The van der Waals surface area contributed by atoms with Crippen molar-refractivity contribution in [3.05, 3.63) is 42.1 Å². The molecule has 0 spiro atoms. The number of aromatic nitrogens is 1. The molecule has 3 nitrogen and oxygen atoms in total. The lowest BCUT2D eigenvalue weighted by molar-refractivity contribution is 0.317. The molecule has 0 atom stereocenters. The molecule has 0 saturated carbocycles. The number of pyridine rings is 1. The average Bonchev–Trinajstić information content (AvgIpc) is 2.40. The minimum atomic E-state index is 0.724. The number of benzene rings is 1. The molecule has 1 aromatic carbocycles. The zero-order valence-corrected chi connectivity index (χ0v) is 10.8. The van der Waals surface area contributed by atoms with Crippen molar-refractivity contribution in [3.63, 3.8) is 0 Å². The zero-order chi connectivity index (χ0) is 13.0. The van der Waals surface area contributed by atoms with E-state index in [-0.39, 0.29) is 0 Å². The van der Waals surface area contributed by atoms with Gasteiger partial charge < -0.3 is 10.5 Å². The molecule has 2 N–H and O–H groups in total. The van der Waals surface area contributed by atoms with Crippen LogP contribution in [0.25, 0.3) is 11.3 Å². The highest BCUT2D eigenvalue weighted by Crippen LogP contribution is 2.22. The molecule has 0 saturated heterocycles. The fraction of sp³-hybridized carbons (Fsp3) is 0.267. The Hall–Kier alpha value is -2.03. The third-order valence-electron chi connectivity index (χ3n) is 2.75. The second-order valence-electron chi connectivity index (χ2n) is 4.24. The molecule has 0 radical (unpaired) electrons. The van der Waals surface area contributed by atoms with Crippen LogP contribution in [0.2, 0.25) is 0 Å². The molecule has 1 aromatic heterocycles. The number of nitrogen functional groups attached to an aromatic ring is 1. The minimum absolute atomic E-state index is 0.724. The molecule has 0 aliphatic rings. The van der Waals surface area contributed by atoms with E-state index >= 15 is 0 Å². The van der Waals surface area contributed by atoms with Crippen molar-refractivity contribution < 1.29 is 4.74 Å². The third kappa shape index (κ3) is 2.80. The van der Waals surface area contributed by atoms with Gasteiger partial charge in [0.15, 0.2) is 0 Å². The van der Waals surface area contributed by atoms with Crippen molar-refractivity contribution in [1.29, 1.82) is 0 Å². The summed E-state index contributed by atoms with van der Waals surface area (Å²) in [6, 6.07) is 11.8. The van der Waals surface area contributed by atoms with Gasteiger partial charge in [0.2, 0.25) is 0 Å². The number of nitrogens with two attached hydrogens (primary N) is 1. The van der Waals surface area contributed by atoms with Crippen LogP contribution >= 0.6 is 0 Å². The van der Waals surface area contributed by atoms with Gasteiger partial charge in [-0.05, 0) is 49.7 Å². The monoisotopic (exact) mass is 242 g/mol. The van der Waals surface area contributed by atoms with Gasteiger partial charge >= 0.3 is 0 Å². The lowest BCUT2D eigenvalue weighted by Gasteiger charge is -2.07. The Kier molecular flexibility index (Phi) is 3.82. The first-order valence-electron chi connectivity index (χ1n) is 6.17. The summed E-state index contributed by atoms with van der Waals surface area (Å²) in [5.74, 6) is 0.896. The number of nitrogens with zero attached hydrogens (tertiary/aromatic N) is 1. The van der Waals surface area contributed by atoms with E-state index in [4.69, 9.17) is 10.5 Å². The highest BCUT2D eigenvalue weighted by atomic mass is 16.5. The Labute approximate surface area is 108 Å². The van der Waals surface area contributed by atoms with Crippen molar-refractivity contribution in [2.75, 3.05) is 12.3 Å². The number of ether oxygens (including phenoxy) is 1. The molecule has 94 valence electrons. The van der Waals surface area contributed by atoms with Crippen LogP contribution in [0.4, 0.5) is 5.69 Å². The van der Waals surface area contributed by atoms with Gasteiger partial charge in [0, 0.05) is 5.56 Å². The Morgan fingerprint density at radius 2 is 1.83 bits per heavy atom. The van der Waals surface area contributed by atoms with Crippen LogP contribution < -0.4 is 10.5 Å². The summed E-state index contributed by atoms with van der Waals surface area (Å²) in [7, 11) is 0. The van der Waals surface area contributed by atoms with Gasteiger partial charge in [-0.3, -0.25) is 4.98 Å². The van der Waals surface area contributed by atoms with Gasteiger partial charge in [0.25, 0.3) is 0 Å². The molecule has 0 fully saturated rings. The Morgan fingerprint density at radius 1 is 1.11 bits per heavy atom.